The van der Waals surface area contributed by atoms with Crippen LogP contribution in [0.25, 0.3) is 78.0 Å². The summed E-state index contributed by atoms with van der Waals surface area (Å²) in [5.41, 5.74) is 8.04. The van der Waals surface area contributed by atoms with E-state index in [0.717, 1.165) is 78.3 Å². The molecular formula is C43H33N3O2. The van der Waals surface area contributed by atoms with Gasteiger partial charge in [-0.25, -0.2) is 15.0 Å². The number of furan rings is 2. The van der Waals surface area contributed by atoms with Crippen molar-refractivity contribution < 1.29 is 8.83 Å². The summed E-state index contributed by atoms with van der Waals surface area (Å²) in [5, 5.41) is 4.25. The van der Waals surface area contributed by atoms with Gasteiger partial charge in [-0.2, -0.15) is 0 Å². The predicted octanol–water partition coefficient (Wildman–Crippen LogP) is 11.1. The minimum atomic E-state index is 0.350. The van der Waals surface area contributed by atoms with Crippen LogP contribution in [0.2, 0.25) is 0 Å². The molecule has 0 N–H and O–H groups in total. The van der Waals surface area contributed by atoms with E-state index in [1.165, 1.54) is 44.1 Å². The molecule has 4 saturated carbocycles. The van der Waals surface area contributed by atoms with Gasteiger partial charge in [-0.3, -0.25) is 0 Å². The first-order valence-corrected chi connectivity index (χ1v) is 17.4. The second kappa shape index (κ2) is 9.86. The van der Waals surface area contributed by atoms with Gasteiger partial charge in [0.2, 0.25) is 0 Å². The molecule has 0 atom stereocenters. The van der Waals surface area contributed by atoms with Gasteiger partial charge in [0.15, 0.2) is 17.5 Å². The van der Waals surface area contributed by atoms with Gasteiger partial charge in [-0.1, -0.05) is 78.9 Å². The van der Waals surface area contributed by atoms with Crippen LogP contribution in [0, 0.1) is 17.8 Å². The summed E-state index contributed by atoms with van der Waals surface area (Å²) in [4.78, 5) is 15.4. The number of benzene rings is 5. The quantitative estimate of drug-likeness (QED) is 0.195. The van der Waals surface area contributed by atoms with Crippen LogP contribution in [0.15, 0.2) is 118 Å². The average molecular weight is 624 g/mol. The Morgan fingerprint density at radius 3 is 1.79 bits per heavy atom. The van der Waals surface area contributed by atoms with Crippen LogP contribution in [-0.4, -0.2) is 15.0 Å². The Kier molecular flexibility index (Phi) is 5.50. The predicted molar refractivity (Wildman–Crippen MR) is 191 cm³/mol. The van der Waals surface area contributed by atoms with E-state index in [0.29, 0.717) is 22.9 Å². The smallest absolute Gasteiger partial charge is 0.164 e. The molecule has 232 valence electrons. The summed E-state index contributed by atoms with van der Waals surface area (Å²) in [6.07, 6.45) is 8.41. The molecule has 0 saturated heterocycles. The molecule has 3 heterocycles. The summed E-state index contributed by atoms with van der Waals surface area (Å²) in [6.45, 7) is 0. The monoisotopic (exact) mass is 623 g/mol. The van der Waals surface area contributed by atoms with Crippen molar-refractivity contribution >= 4 is 43.9 Å². The molecule has 4 fully saturated rings. The van der Waals surface area contributed by atoms with Gasteiger partial charge < -0.3 is 8.83 Å². The molecule has 5 aromatic carbocycles. The summed E-state index contributed by atoms with van der Waals surface area (Å²) < 4.78 is 12.5. The number of aromatic nitrogens is 3. The van der Waals surface area contributed by atoms with E-state index in [1.54, 1.807) is 0 Å². The van der Waals surface area contributed by atoms with Crippen LogP contribution in [-0.2, 0) is 5.41 Å². The van der Waals surface area contributed by atoms with E-state index in [9.17, 15) is 0 Å². The Bertz CT molecular complexity index is 2520. The lowest BCUT2D eigenvalue weighted by Gasteiger charge is -2.57. The molecular weight excluding hydrogens is 590 g/mol. The molecule has 4 aliphatic carbocycles. The normalized spacial score (nSPS) is 23.2. The molecule has 0 spiro atoms. The van der Waals surface area contributed by atoms with Gasteiger partial charge in [0, 0.05) is 38.2 Å². The van der Waals surface area contributed by atoms with Crippen LogP contribution in [0.4, 0.5) is 0 Å². The molecule has 0 radical (unpaired) electrons. The topological polar surface area (TPSA) is 65.0 Å². The van der Waals surface area contributed by atoms with E-state index in [-0.39, 0.29) is 0 Å². The first-order chi connectivity index (χ1) is 23.7. The molecule has 5 nitrogen and oxygen atoms in total. The molecule has 3 aromatic heterocycles. The highest BCUT2D eigenvalue weighted by atomic mass is 16.3. The van der Waals surface area contributed by atoms with Crippen LogP contribution >= 0.6 is 0 Å². The minimum Gasteiger partial charge on any atom is -0.456 e. The molecule has 8 aromatic rings. The Morgan fingerprint density at radius 2 is 1.04 bits per heavy atom. The Hall–Kier alpha value is -5.29. The second-order valence-corrected chi connectivity index (χ2v) is 14.7. The highest BCUT2D eigenvalue weighted by Gasteiger charge is 2.51. The van der Waals surface area contributed by atoms with Crippen molar-refractivity contribution in [2.75, 3.05) is 0 Å². The SMILES string of the molecule is c1ccc2c(c1)oc1cc(-c3nc(-c4ccc(C56CC7CC(CC(C7)C5)C6)cc4)nc(-c4cccc5oc6ccccc6c45)n3)ccc12. The van der Waals surface area contributed by atoms with Gasteiger partial charge in [0.25, 0.3) is 0 Å². The Labute approximate surface area is 277 Å². The molecule has 5 heteroatoms. The molecule has 4 bridgehead atoms. The van der Waals surface area contributed by atoms with Gasteiger partial charge >= 0.3 is 0 Å². The summed E-state index contributed by atoms with van der Waals surface area (Å²) in [5.74, 6) is 4.65. The van der Waals surface area contributed by atoms with Crippen LogP contribution < -0.4 is 0 Å². The van der Waals surface area contributed by atoms with Crippen molar-refractivity contribution in [3.05, 3.63) is 115 Å². The first kappa shape index (κ1) is 26.7. The maximum atomic E-state index is 6.27. The summed E-state index contributed by atoms with van der Waals surface area (Å²) in [6, 6.07) is 37.9. The number of nitrogens with zero attached hydrogens (tertiary/aromatic N) is 3. The zero-order chi connectivity index (χ0) is 31.4. The largest absolute Gasteiger partial charge is 0.456 e. The van der Waals surface area contributed by atoms with E-state index < -0.39 is 0 Å². The van der Waals surface area contributed by atoms with Gasteiger partial charge in [-0.15, -0.1) is 0 Å². The fourth-order valence-electron chi connectivity index (χ4n) is 10.0. The van der Waals surface area contributed by atoms with Gasteiger partial charge in [-0.05, 0) is 97.6 Å². The third-order valence-electron chi connectivity index (χ3n) is 11.7. The fourth-order valence-corrected chi connectivity index (χ4v) is 10.0. The van der Waals surface area contributed by atoms with Gasteiger partial charge in [0.05, 0.1) is 0 Å². The van der Waals surface area contributed by atoms with Gasteiger partial charge in [0.1, 0.15) is 22.3 Å². The van der Waals surface area contributed by atoms with E-state index >= 15 is 0 Å². The van der Waals surface area contributed by atoms with E-state index in [2.05, 4.69) is 60.7 Å². The van der Waals surface area contributed by atoms with E-state index in [4.69, 9.17) is 23.8 Å². The lowest BCUT2D eigenvalue weighted by Crippen LogP contribution is -2.48. The third kappa shape index (κ3) is 4.00. The molecule has 48 heavy (non-hydrogen) atoms. The van der Waals surface area contributed by atoms with E-state index in [1.807, 2.05) is 48.5 Å². The number of rotatable bonds is 4. The number of hydrogen-bond acceptors (Lipinski definition) is 5. The van der Waals surface area contributed by atoms with Crippen molar-refractivity contribution in [3.8, 4) is 34.2 Å². The highest BCUT2D eigenvalue weighted by molar-refractivity contribution is 6.12. The molecule has 0 aliphatic heterocycles. The molecule has 0 unspecified atom stereocenters. The minimum absolute atomic E-state index is 0.350. The number of para-hydroxylation sites is 2. The van der Waals surface area contributed by atoms with Crippen molar-refractivity contribution in [2.45, 2.75) is 43.9 Å². The molecule has 4 aliphatic rings. The van der Waals surface area contributed by atoms with Crippen molar-refractivity contribution in [1.29, 1.82) is 0 Å². The highest BCUT2D eigenvalue weighted by Crippen LogP contribution is 2.60. The second-order valence-electron chi connectivity index (χ2n) is 14.7. The first-order valence-electron chi connectivity index (χ1n) is 17.4. The fraction of sp³-hybridized carbons (Fsp3) is 0.233. The van der Waals surface area contributed by atoms with Crippen LogP contribution in [0.5, 0.6) is 0 Å². The average Bonchev–Trinajstić information content (AvgIpc) is 3.69. The van der Waals surface area contributed by atoms with Crippen molar-refractivity contribution in [1.82, 2.24) is 15.0 Å². The zero-order valence-corrected chi connectivity index (χ0v) is 26.5. The zero-order valence-electron chi connectivity index (χ0n) is 26.5. The number of fused-ring (bicyclic) bond motifs is 6. The lowest BCUT2D eigenvalue weighted by atomic mass is 9.48. The van der Waals surface area contributed by atoms with Crippen LogP contribution in [0.1, 0.15) is 44.1 Å². The Balaban J connectivity index is 1.08. The van der Waals surface area contributed by atoms with Crippen LogP contribution in [0.3, 0.4) is 0 Å². The maximum Gasteiger partial charge on any atom is 0.164 e. The molecule has 12 rings (SSSR count). The maximum absolute atomic E-state index is 6.27. The van der Waals surface area contributed by atoms with Crippen molar-refractivity contribution in [2.24, 2.45) is 17.8 Å². The Morgan fingerprint density at radius 1 is 0.479 bits per heavy atom. The lowest BCUT2D eigenvalue weighted by molar-refractivity contribution is -0.00518. The standard InChI is InChI=1S/C43H33N3O2/c1-3-9-35-31(6-1)32-17-14-29(21-38(32)48-35)41-44-40(28-12-15-30(16-13-28)43-22-25-18-26(23-43)20-27(19-25)24-43)45-42(46-41)34-8-5-11-37-39(34)33-7-2-4-10-36(33)47-37/h1-17,21,25-27H,18-20,22-24H2. The third-order valence-corrected chi connectivity index (χ3v) is 11.7. The summed E-state index contributed by atoms with van der Waals surface area (Å²) >= 11 is 0. The molecule has 0 amide bonds. The summed E-state index contributed by atoms with van der Waals surface area (Å²) in [7, 11) is 0. The number of hydrogen-bond donors (Lipinski definition) is 0. The van der Waals surface area contributed by atoms with Crippen molar-refractivity contribution in [3.63, 3.8) is 0 Å².